The monoisotopic (exact) mass is 192 g/mol. The second kappa shape index (κ2) is 3.80. The zero-order valence-corrected chi connectivity index (χ0v) is 8.08. The molecule has 0 atom stereocenters. The van der Waals surface area contributed by atoms with Crippen molar-refractivity contribution in [1.82, 2.24) is 0 Å². The Kier molecular flexibility index (Phi) is 2.50. The Morgan fingerprint density at radius 2 is 2.36 bits per heavy atom. The number of aryl methyl sites for hydroxylation is 1. The van der Waals surface area contributed by atoms with Crippen molar-refractivity contribution in [2.24, 2.45) is 0 Å². The molecule has 1 aliphatic heterocycles. The number of fused-ring (bicyclic) bond motifs is 1. The number of Topliss-reactive ketones (excluding diaryl/α,β-unsaturated/α-hetero) is 1. The van der Waals surface area contributed by atoms with E-state index in [-0.39, 0.29) is 5.78 Å². The van der Waals surface area contributed by atoms with Crippen LogP contribution in [0.1, 0.15) is 24.5 Å². The third-order valence-electron chi connectivity index (χ3n) is 2.25. The van der Waals surface area contributed by atoms with Crippen LogP contribution in [0.3, 0.4) is 0 Å². The van der Waals surface area contributed by atoms with E-state index in [1.807, 2.05) is 18.2 Å². The molecule has 1 heterocycles. The molecule has 1 aromatic rings. The second-order valence-corrected chi connectivity index (χ2v) is 3.49. The summed E-state index contributed by atoms with van der Waals surface area (Å²) in [5.74, 6) is 1.01. The first-order valence-corrected chi connectivity index (χ1v) is 4.66. The topological polar surface area (TPSA) is 35.5 Å². The zero-order valence-electron chi connectivity index (χ0n) is 8.08. The number of carbonyl (C=O) groups is 1. The highest BCUT2D eigenvalue weighted by Crippen LogP contribution is 2.26. The average Bonchev–Trinajstić information content (AvgIpc) is 2.61. The Morgan fingerprint density at radius 3 is 3.14 bits per heavy atom. The van der Waals surface area contributed by atoms with Crippen molar-refractivity contribution in [3.8, 4) is 5.75 Å². The molecule has 0 unspecified atom stereocenters. The molecule has 3 nitrogen and oxygen atoms in total. The van der Waals surface area contributed by atoms with Crippen LogP contribution in [0.2, 0.25) is 0 Å². The van der Waals surface area contributed by atoms with Crippen molar-refractivity contribution in [3.63, 3.8) is 0 Å². The van der Waals surface area contributed by atoms with Gasteiger partial charge in [-0.1, -0.05) is 6.07 Å². The van der Waals surface area contributed by atoms with Gasteiger partial charge in [0.25, 0.3) is 0 Å². The highest BCUT2D eigenvalue weighted by molar-refractivity contribution is 5.75. The maximum Gasteiger partial charge on any atom is 0.171 e. The lowest BCUT2D eigenvalue weighted by molar-refractivity contribution is -0.194. The molecule has 0 fully saturated rings. The molecular weight excluding hydrogens is 180 g/mol. The first-order valence-electron chi connectivity index (χ1n) is 4.66. The fourth-order valence-corrected chi connectivity index (χ4v) is 1.46. The van der Waals surface area contributed by atoms with E-state index in [4.69, 9.17) is 9.78 Å². The number of hydrogen-bond donors (Lipinski definition) is 0. The summed E-state index contributed by atoms with van der Waals surface area (Å²) in [6.45, 7) is 2.11. The van der Waals surface area contributed by atoms with E-state index < -0.39 is 0 Å². The van der Waals surface area contributed by atoms with E-state index >= 15 is 0 Å². The standard InChI is InChI=1S/C11H12O3/c1-8(12)2-3-9-4-5-11-10(6-9)7-13-14-11/h4-6H,2-3,7H2,1H3. The summed E-state index contributed by atoms with van der Waals surface area (Å²) in [7, 11) is 0. The molecule has 0 aliphatic carbocycles. The predicted molar refractivity (Wildman–Crippen MR) is 50.9 cm³/mol. The van der Waals surface area contributed by atoms with Crippen LogP contribution in [0.4, 0.5) is 0 Å². The summed E-state index contributed by atoms with van der Waals surface area (Å²) in [5, 5.41) is 0. The molecule has 2 rings (SSSR count). The summed E-state index contributed by atoms with van der Waals surface area (Å²) in [6.07, 6.45) is 1.39. The Morgan fingerprint density at radius 1 is 1.50 bits per heavy atom. The van der Waals surface area contributed by atoms with Gasteiger partial charge in [-0.2, -0.15) is 4.89 Å². The van der Waals surface area contributed by atoms with Crippen molar-refractivity contribution >= 4 is 5.78 Å². The minimum atomic E-state index is 0.220. The van der Waals surface area contributed by atoms with E-state index in [1.54, 1.807) is 6.92 Å². The first kappa shape index (κ1) is 9.21. The van der Waals surface area contributed by atoms with Crippen LogP contribution in [-0.4, -0.2) is 5.78 Å². The van der Waals surface area contributed by atoms with Crippen molar-refractivity contribution in [1.29, 1.82) is 0 Å². The Hall–Kier alpha value is -1.35. The average molecular weight is 192 g/mol. The molecule has 0 aromatic heterocycles. The summed E-state index contributed by atoms with van der Waals surface area (Å²) in [4.78, 5) is 20.5. The van der Waals surface area contributed by atoms with Crippen molar-refractivity contribution in [3.05, 3.63) is 29.3 Å². The van der Waals surface area contributed by atoms with E-state index in [2.05, 4.69) is 0 Å². The molecule has 14 heavy (non-hydrogen) atoms. The van der Waals surface area contributed by atoms with Crippen LogP contribution in [0.5, 0.6) is 5.75 Å². The number of benzene rings is 1. The fraction of sp³-hybridized carbons (Fsp3) is 0.364. The summed E-state index contributed by atoms with van der Waals surface area (Å²) < 4.78 is 0. The molecule has 1 aliphatic rings. The van der Waals surface area contributed by atoms with E-state index in [9.17, 15) is 4.79 Å². The van der Waals surface area contributed by atoms with Gasteiger partial charge in [-0.15, -0.1) is 0 Å². The molecule has 0 saturated carbocycles. The summed E-state index contributed by atoms with van der Waals surface area (Å²) in [5.41, 5.74) is 2.22. The first-order chi connectivity index (χ1) is 6.75. The van der Waals surface area contributed by atoms with Crippen LogP contribution in [0, 0.1) is 0 Å². The minimum absolute atomic E-state index is 0.220. The molecular formula is C11H12O3. The molecule has 1 aromatic carbocycles. The van der Waals surface area contributed by atoms with Crippen molar-refractivity contribution in [2.45, 2.75) is 26.4 Å². The highest BCUT2D eigenvalue weighted by Gasteiger charge is 2.13. The minimum Gasteiger partial charge on any atom is -0.337 e. The Bertz CT molecular complexity index is 358. The number of ketones is 1. The molecule has 0 N–H and O–H groups in total. The van der Waals surface area contributed by atoms with Crippen LogP contribution in [-0.2, 0) is 22.7 Å². The third kappa shape index (κ3) is 1.93. The van der Waals surface area contributed by atoms with Gasteiger partial charge in [0.05, 0.1) is 0 Å². The quantitative estimate of drug-likeness (QED) is 0.687. The number of hydrogen-bond acceptors (Lipinski definition) is 3. The molecule has 0 amide bonds. The maximum atomic E-state index is 10.8. The second-order valence-electron chi connectivity index (χ2n) is 3.49. The van der Waals surface area contributed by atoms with E-state index in [1.165, 1.54) is 0 Å². The fourth-order valence-electron chi connectivity index (χ4n) is 1.46. The van der Waals surface area contributed by atoms with Gasteiger partial charge in [0.1, 0.15) is 12.4 Å². The lowest BCUT2D eigenvalue weighted by atomic mass is 10.0. The van der Waals surface area contributed by atoms with Crippen molar-refractivity contribution in [2.75, 3.05) is 0 Å². The summed E-state index contributed by atoms with van der Waals surface area (Å²) >= 11 is 0. The van der Waals surface area contributed by atoms with Gasteiger partial charge in [0, 0.05) is 12.0 Å². The van der Waals surface area contributed by atoms with Crippen LogP contribution in [0.25, 0.3) is 0 Å². The molecule has 3 heteroatoms. The van der Waals surface area contributed by atoms with E-state index in [0.29, 0.717) is 13.0 Å². The normalized spacial score (nSPS) is 13.5. The van der Waals surface area contributed by atoms with Gasteiger partial charge in [-0.25, -0.2) is 0 Å². The van der Waals surface area contributed by atoms with Crippen LogP contribution in [0.15, 0.2) is 18.2 Å². The zero-order chi connectivity index (χ0) is 9.97. The lowest BCUT2D eigenvalue weighted by Gasteiger charge is -2.00. The molecule has 0 radical (unpaired) electrons. The molecule has 0 bridgehead atoms. The SMILES string of the molecule is CC(=O)CCc1ccc2c(c1)COO2. The summed E-state index contributed by atoms with van der Waals surface area (Å²) in [6, 6.07) is 5.89. The van der Waals surface area contributed by atoms with Gasteiger partial charge in [-0.05, 0) is 31.0 Å². The number of rotatable bonds is 3. The Balaban J connectivity index is 2.09. The largest absolute Gasteiger partial charge is 0.337 e. The van der Waals surface area contributed by atoms with Gasteiger partial charge in [0.15, 0.2) is 5.75 Å². The molecule has 0 spiro atoms. The number of carbonyl (C=O) groups excluding carboxylic acids is 1. The van der Waals surface area contributed by atoms with E-state index in [0.717, 1.165) is 23.3 Å². The maximum absolute atomic E-state index is 10.8. The van der Waals surface area contributed by atoms with Gasteiger partial charge in [-0.3, -0.25) is 0 Å². The highest BCUT2D eigenvalue weighted by atomic mass is 17.2. The molecule has 0 saturated heterocycles. The van der Waals surface area contributed by atoms with Crippen LogP contribution >= 0.6 is 0 Å². The van der Waals surface area contributed by atoms with Gasteiger partial charge >= 0.3 is 0 Å². The predicted octanol–water partition coefficient (Wildman–Crippen LogP) is 2.03. The third-order valence-corrected chi connectivity index (χ3v) is 2.25. The smallest absolute Gasteiger partial charge is 0.171 e. The van der Waals surface area contributed by atoms with Crippen LogP contribution < -0.4 is 4.89 Å². The molecule has 74 valence electrons. The Labute approximate surface area is 82.6 Å². The van der Waals surface area contributed by atoms with Gasteiger partial charge in [0.2, 0.25) is 0 Å². The van der Waals surface area contributed by atoms with Gasteiger partial charge < -0.3 is 9.68 Å². The van der Waals surface area contributed by atoms with Crippen molar-refractivity contribution < 1.29 is 14.6 Å². The lowest BCUT2D eigenvalue weighted by Crippen LogP contribution is -1.94.